The molecule has 3 aromatic carbocycles. The molecule has 40 heavy (non-hydrogen) atoms. The van der Waals surface area contributed by atoms with Gasteiger partial charge in [0.1, 0.15) is 17.2 Å². The van der Waals surface area contributed by atoms with Crippen molar-refractivity contribution in [2.75, 3.05) is 19.5 Å². The summed E-state index contributed by atoms with van der Waals surface area (Å²) in [6.45, 7) is 2.09. The number of ether oxygens (including phenoxy) is 2. The van der Waals surface area contributed by atoms with Gasteiger partial charge in [-0.3, -0.25) is 4.98 Å². The van der Waals surface area contributed by atoms with Crippen LogP contribution in [0.2, 0.25) is 0 Å². The third kappa shape index (κ3) is 5.03. The Balaban J connectivity index is 1.28. The second-order valence-electron chi connectivity index (χ2n) is 9.42. The van der Waals surface area contributed by atoms with Gasteiger partial charge in [0.25, 0.3) is 0 Å². The fourth-order valence-electron chi connectivity index (χ4n) is 4.76. The third-order valence-corrected chi connectivity index (χ3v) is 8.19. The maximum atomic E-state index is 5.69. The van der Waals surface area contributed by atoms with Gasteiger partial charge in [0, 0.05) is 61.4 Å². The van der Waals surface area contributed by atoms with Crippen LogP contribution < -0.4 is 14.8 Å². The molecule has 6 nitrogen and oxygen atoms in total. The Hall–Kier alpha value is -4.27. The lowest BCUT2D eigenvalue weighted by Crippen LogP contribution is -2.08. The molecule has 1 aliphatic rings. The number of rotatable bonds is 7. The van der Waals surface area contributed by atoms with Crippen LogP contribution in [0.4, 0.5) is 11.5 Å². The predicted octanol–water partition coefficient (Wildman–Crippen LogP) is 8.19. The van der Waals surface area contributed by atoms with Gasteiger partial charge in [-0.15, -0.1) is 10.2 Å². The fraction of sp³-hybridized carbons (Fsp3) is 0.125. The number of allylic oxidation sites excluding steroid dienone is 4. The summed E-state index contributed by atoms with van der Waals surface area (Å²) in [4.78, 5) is 7.56. The van der Waals surface area contributed by atoms with Crippen molar-refractivity contribution in [3.63, 3.8) is 0 Å². The van der Waals surface area contributed by atoms with Gasteiger partial charge < -0.3 is 14.8 Å². The topological polar surface area (TPSA) is 69.2 Å². The van der Waals surface area contributed by atoms with E-state index in [-0.39, 0.29) is 0 Å². The first-order chi connectivity index (χ1) is 19.5. The number of methoxy groups -OCH3 is 2. The largest absolute Gasteiger partial charge is 0.497 e. The van der Waals surface area contributed by atoms with E-state index in [1.807, 2.05) is 42.5 Å². The molecule has 0 saturated heterocycles. The normalized spacial score (nSPS) is 13.2. The number of nitrogens with zero attached hydrogens (tertiary/aromatic N) is 3. The molecule has 0 amide bonds. The molecule has 2 aromatic heterocycles. The molecular formula is C32H26N4O2S2. The molecule has 5 aromatic rings. The average Bonchev–Trinajstić information content (AvgIpc) is 2.98. The highest BCUT2D eigenvalue weighted by Gasteiger charge is 2.18. The van der Waals surface area contributed by atoms with Gasteiger partial charge in [-0.2, -0.15) is 0 Å². The molecule has 0 unspecified atom stereocenters. The van der Waals surface area contributed by atoms with Crippen LogP contribution in [0.1, 0.15) is 19.0 Å². The maximum absolute atomic E-state index is 5.69. The molecule has 0 spiro atoms. The first-order valence-corrected chi connectivity index (χ1v) is 14.0. The maximum Gasteiger partial charge on any atom is 0.161 e. The monoisotopic (exact) mass is 562 g/mol. The zero-order chi connectivity index (χ0) is 27.6. The third-order valence-electron chi connectivity index (χ3n) is 6.76. The molecule has 198 valence electrons. The summed E-state index contributed by atoms with van der Waals surface area (Å²) >= 11 is 7.34. The molecule has 0 saturated carbocycles. The molecule has 1 aliphatic carbocycles. The van der Waals surface area contributed by atoms with Crippen LogP contribution in [-0.2, 0) is 0 Å². The number of aromatic nitrogens is 3. The van der Waals surface area contributed by atoms with E-state index in [4.69, 9.17) is 21.7 Å². The van der Waals surface area contributed by atoms with Crippen molar-refractivity contribution >= 4 is 67.6 Å². The number of hydrogen-bond acceptors (Lipinski definition) is 8. The standard InChI is InChI=1S/C32H26N4O2S2/c1-19-8-13-25(28(39)16-19)31-23-6-4-5-7-24(23)32(36-35-31)34-20-9-11-22(12-10-20)40-29-14-15-33-26-17-21(37-2)18-27(38-3)30(26)29/h4-15,17-18H,16H2,1-3H3,(H,34,36). The van der Waals surface area contributed by atoms with Crippen LogP contribution in [0.15, 0.2) is 100 Å². The van der Waals surface area contributed by atoms with E-state index in [1.165, 1.54) is 5.57 Å². The van der Waals surface area contributed by atoms with Gasteiger partial charge in [-0.25, -0.2) is 0 Å². The van der Waals surface area contributed by atoms with Crippen molar-refractivity contribution < 1.29 is 9.47 Å². The molecule has 2 heterocycles. The van der Waals surface area contributed by atoms with Gasteiger partial charge in [0.15, 0.2) is 5.82 Å². The minimum absolute atomic E-state index is 0.701. The highest BCUT2D eigenvalue weighted by Crippen LogP contribution is 2.40. The molecule has 1 N–H and O–H groups in total. The second kappa shape index (κ2) is 11.1. The van der Waals surface area contributed by atoms with E-state index in [0.717, 1.165) is 65.5 Å². The highest BCUT2D eigenvalue weighted by atomic mass is 32.2. The summed E-state index contributed by atoms with van der Waals surface area (Å²) in [6.07, 6.45) is 6.74. The quantitative estimate of drug-likeness (QED) is 0.199. The molecule has 8 heteroatoms. The van der Waals surface area contributed by atoms with Crippen LogP contribution in [0, 0.1) is 0 Å². The number of benzene rings is 3. The lowest BCUT2D eigenvalue weighted by atomic mass is 9.94. The summed E-state index contributed by atoms with van der Waals surface area (Å²) in [5.41, 5.74) is 4.78. The van der Waals surface area contributed by atoms with Crippen molar-refractivity contribution in [1.82, 2.24) is 15.2 Å². The zero-order valence-corrected chi connectivity index (χ0v) is 23.9. The predicted molar refractivity (Wildman–Crippen MR) is 167 cm³/mol. The number of fused-ring (bicyclic) bond motifs is 2. The fourth-order valence-corrected chi connectivity index (χ4v) is 6.11. The van der Waals surface area contributed by atoms with Crippen LogP contribution >= 0.6 is 24.0 Å². The van der Waals surface area contributed by atoms with Crippen LogP contribution in [0.5, 0.6) is 11.5 Å². The smallest absolute Gasteiger partial charge is 0.161 e. The summed E-state index contributed by atoms with van der Waals surface area (Å²) in [5.74, 6) is 2.14. The number of hydrogen-bond donors (Lipinski definition) is 1. The van der Waals surface area contributed by atoms with Crippen LogP contribution in [0.3, 0.4) is 0 Å². The minimum atomic E-state index is 0.701. The second-order valence-corrected chi connectivity index (χ2v) is 11.0. The Morgan fingerprint density at radius 3 is 2.45 bits per heavy atom. The lowest BCUT2D eigenvalue weighted by molar-refractivity contribution is 0.397. The van der Waals surface area contributed by atoms with Crippen molar-refractivity contribution in [2.45, 2.75) is 23.1 Å². The summed E-state index contributed by atoms with van der Waals surface area (Å²) in [5, 5.41) is 15.6. The lowest BCUT2D eigenvalue weighted by Gasteiger charge is -2.16. The number of thiocarbonyl (C=S) groups is 1. The minimum Gasteiger partial charge on any atom is -0.497 e. The molecule has 0 bridgehead atoms. The molecule has 0 aliphatic heterocycles. The van der Waals surface area contributed by atoms with E-state index in [1.54, 1.807) is 32.2 Å². The molecule has 0 atom stereocenters. The highest BCUT2D eigenvalue weighted by molar-refractivity contribution is 7.99. The summed E-state index contributed by atoms with van der Waals surface area (Å²) in [7, 11) is 3.30. The van der Waals surface area contributed by atoms with Crippen molar-refractivity contribution in [3.05, 3.63) is 96.3 Å². The van der Waals surface area contributed by atoms with Gasteiger partial charge in [-0.05, 0) is 37.3 Å². The Labute approximate surface area is 242 Å². The summed E-state index contributed by atoms with van der Waals surface area (Å²) < 4.78 is 11.1. The van der Waals surface area contributed by atoms with Crippen LogP contribution in [-0.4, -0.2) is 34.3 Å². The SMILES string of the molecule is COc1cc(OC)c2c(Sc3ccc(Nc4nnc(C5=CC=C(C)CC5=S)c5ccccc45)cc3)ccnc2c1. The van der Waals surface area contributed by atoms with E-state index in [0.29, 0.717) is 11.6 Å². The first-order valence-electron chi connectivity index (χ1n) is 12.8. The van der Waals surface area contributed by atoms with Crippen molar-refractivity contribution in [3.8, 4) is 11.5 Å². The molecule has 6 rings (SSSR count). The Morgan fingerprint density at radius 2 is 1.70 bits per heavy atom. The Kier molecular flexibility index (Phi) is 7.19. The van der Waals surface area contributed by atoms with Gasteiger partial charge in [-0.1, -0.05) is 66.0 Å². The van der Waals surface area contributed by atoms with Crippen molar-refractivity contribution in [2.24, 2.45) is 0 Å². The van der Waals surface area contributed by atoms with E-state index in [2.05, 4.69) is 63.8 Å². The Bertz CT molecular complexity index is 1830. The van der Waals surface area contributed by atoms with E-state index in [9.17, 15) is 0 Å². The molecule has 0 radical (unpaired) electrons. The Morgan fingerprint density at radius 1 is 0.900 bits per heavy atom. The van der Waals surface area contributed by atoms with E-state index >= 15 is 0 Å². The van der Waals surface area contributed by atoms with E-state index < -0.39 is 0 Å². The molecular weight excluding hydrogens is 537 g/mol. The first kappa shape index (κ1) is 26.0. The average molecular weight is 563 g/mol. The van der Waals surface area contributed by atoms with Gasteiger partial charge in [0.05, 0.1) is 25.1 Å². The number of nitrogens with one attached hydrogen (secondary N) is 1. The van der Waals surface area contributed by atoms with Gasteiger partial charge in [0.2, 0.25) is 0 Å². The summed E-state index contributed by atoms with van der Waals surface area (Å²) in [6, 6.07) is 22.2. The zero-order valence-electron chi connectivity index (χ0n) is 22.3. The van der Waals surface area contributed by atoms with Crippen molar-refractivity contribution in [1.29, 1.82) is 0 Å². The van der Waals surface area contributed by atoms with Crippen LogP contribution in [0.25, 0.3) is 27.2 Å². The number of anilines is 2. The molecule has 0 fully saturated rings. The van der Waals surface area contributed by atoms with Gasteiger partial charge >= 0.3 is 0 Å². The number of pyridine rings is 1.